The molecule has 0 aliphatic carbocycles. The van der Waals surface area contributed by atoms with E-state index in [9.17, 15) is 13.2 Å². The van der Waals surface area contributed by atoms with Crippen LogP contribution in [0.2, 0.25) is 0 Å². The lowest BCUT2D eigenvalue weighted by Gasteiger charge is -2.35. The Morgan fingerprint density at radius 1 is 1.20 bits per heavy atom. The number of hydrogen-bond donors (Lipinski definition) is 2. The molecule has 0 bridgehead atoms. The largest absolute Gasteiger partial charge is 0.379 e. The first kappa shape index (κ1) is 25.1. The van der Waals surface area contributed by atoms with Crippen LogP contribution in [0.5, 0.6) is 0 Å². The number of morpholine rings is 1. The van der Waals surface area contributed by atoms with Gasteiger partial charge in [0, 0.05) is 25.7 Å². The van der Waals surface area contributed by atoms with Crippen LogP contribution in [-0.2, 0) is 19.6 Å². The Morgan fingerprint density at radius 3 is 2.47 bits per heavy atom. The van der Waals surface area contributed by atoms with Gasteiger partial charge in [-0.05, 0) is 42.9 Å². The standard InChI is InChI=1S/C21H35N3O4S2/c1-17(2)15-18(24-10-12-28-13-11-24)16-22-21(25)20(9-14-29-3)23-30(26,27)19-7-5-4-6-8-19/h4-8,17-18,20,23H,9-16H2,1-3H3,(H,22,25). The molecule has 2 unspecified atom stereocenters. The average molecular weight is 458 g/mol. The lowest BCUT2D eigenvalue weighted by Crippen LogP contribution is -2.53. The van der Waals surface area contributed by atoms with Crippen molar-refractivity contribution in [2.24, 2.45) is 5.92 Å². The van der Waals surface area contributed by atoms with E-state index >= 15 is 0 Å². The molecule has 2 rings (SSSR count). The van der Waals surface area contributed by atoms with E-state index in [0.29, 0.717) is 37.9 Å². The maximum atomic E-state index is 12.9. The van der Waals surface area contributed by atoms with Gasteiger partial charge in [0.15, 0.2) is 0 Å². The van der Waals surface area contributed by atoms with Gasteiger partial charge in [0.25, 0.3) is 0 Å². The molecular weight excluding hydrogens is 422 g/mol. The van der Waals surface area contributed by atoms with Gasteiger partial charge in [-0.3, -0.25) is 9.69 Å². The highest BCUT2D eigenvalue weighted by Gasteiger charge is 2.27. The molecule has 7 nitrogen and oxygen atoms in total. The van der Waals surface area contributed by atoms with Crippen molar-refractivity contribution in [3.8, 4) is 0 Å². The molecule has 0 aromatic heterocycles. The van der Waals surface area contributed by atoms with E-state index in [0.717, 1.165) is 19.5 Å². The maximum Gasteiger partial charge on any atom is 0.241 e. The first-order chi connectivity index (χ1) is 14.3. The van der Waals surface area contributed by atoms with Gasteiger partial charge in [-0.2, -0.15) is 16.5 Å². The first-order valence-electron chi connectivity index (χ1n) is 10.5. The van der Waals surface area contributed by atoms with E-state index < -0.39 is 16.1 Å². The normalized spacial score (nSPS) is 17.6. The minimum atomic E-state index is -3.76. The molecule has 1 aromatic carbocycles. The number of carbonyl (C=O) groups excluding carboxylic acids is 1. The van der Waals surface area contributed by atoms with Crippen LogP contribution in [-0.4, -0.2) is 76.2 Å². The fourth-order valence-electron chi connectivity index (χ4n) is 3.52. The SMILES string of the molecule is CSCCC(NS(=O)(=O)c1ccccc1)C(=O)NCC(CC(C)C)N1CCOCC1. The number of hydrogen-bond acceptors (Lipinski definition) is 6. The van der Waals surface area contributed by atoms with Gasteiger partial charge in [-0.15, -0.1) is 0 Å². The predicted octanol–water partition coefficient (Wildman–Crippen LogP) is 1.95. The lowest BCUT2D eigenvalue weighted by molar-refractivity contribution is -0.123. The van der Waals surface area contributed by atoms with Crippen molar-refractivity contribution in [2.75, 3.05) is 44.9 Å². The molecule has 1 aromatic rings. The highest BCUT2D eigenvalue weighted by molar-refractivity contribution is 7.98. The monoisotopic (exact) mass is 457 g/mol. The van der Waals surface area contributed by atoms with Crippen molar-refractivity contribution in [1.29, 1.82) is 0 Å². The fourth-order valence-corrected chi connectivity index (χ4v) is 5.25. The number of thioether (sulfide) groups is 1. The molecule has 1 amide bonds. The van der Waals surface area contributed by atoms with E-state index in [-0.39, 0.29) is 16.8 Å². The van der Waals surface area contributed by atoms with Crippen LogP contribution in [0.3, 0.4) is 0 Å². The third kappa shape index (κ3) is 8.19. The summed E-state index contributed by atoms with van der Waals surface area (Å²) in [7, 11) is -3.76. The van der Waals surface area contributed by atoms with Crippen LogP contribution in [0, 0.1) is 5.92 Å². The first-order valence-corrected chi connectivity index (χ1v) is 13.4. The molecule has 1 heterocycles. The molecule has 0 saturated carbocycles. The number of nitrogens with zero attached hydrogens (tertiary/aromatic N) is 1. The van der Waals surface area contributed by atoms with Crippen molar-refractivity contribution in [2.45, 2.75) is 43.7 Å². The second-order valence-corrected chi connectivity index (χ2v) is 10.6. The number of carbonyl (C=O) groups is 1. The highest BCUT2D eigenvalue weighted by Crippen LogP contribution is 2.14. The van der Waals surface area contributed by atoms with Crippen LogP contribution in [0.25, 0.3) is 0 Å². The molecule has 1 aliphatic heterocycles. The van der Waals surface area contributed by atoms with E-state index in [1.807, 2.05) is 6.26 Å². The number of amides is 1. The number of sulfonamides is 1. The number of rotatable bonds is 12. The van der Waals surface area contributed by atoms with Crippen molar-refractivity contribution >= 4 is 27.7 Å². The summed E-state index contributed by atoms with van der Waals surface area (Å²) in [5, 5.41) is 3.01. The van der Waals surface area contributed by atoms with Gasteiger partial charge in [0.1, 0.15) is 6.04 Å². The summed E-state index contributed by atoms with van der Waals surface area (Å²) in [6.07, 6.45) is 3.34. The van der Waals surface area contributed by atoms with E-state index in [4.69, 9.17) is 4.74 Å². The van der Waals surface area contributed by atoms with Gasteiger partial charge in [-0.25, -0.2) is 8.42 Å². The van der Waals surface area contributed by atoms with Crippen LogP contribution in [0.1, 0.15) is 26.7 Å². The lowest BCUT2D eigenvalue weighted by atomic mass is 10.0. The van der Waals surface area contributed by atoms with Crippen molar-refractivity contribution in [1.82, 2.24) is 14.9 Å². The molecule has 0 radical (unpaired) electrons. The summed E-state index contributed by atoms with van der Waals surface area (Å²) in [4.78, 5) is 15.5. The summed E-state index contributed by atoms with van der Waals surface area (Å²) in [6.45, 7) is 7.95. The smallest absolute Gasteiger partial charge is 0.241 e. The topological polar surface area (TPSA) is 87.7 Å². The van der Waals surface area contributed by atoms with Gasteiger partial charge in [0.2, 0.25) is 15.9 Å². The minimum Gasteiger partial charge on any atom is -0.379 e. The molecular formula is C21H35N3O4S2. The Bertz CT molecular complexity index is 738. The Morgan fingerprint density at radius 2 is 1.87 bits per heavy atom. The number of ether oxygens (including phenoxy) is 1. The molecule has 9 heteroatoms. The third-order valence-electron chi connectivity index (χ3n) is 5.10. The second-order valence-electron chi connectivity index (χ2n) is 7.95. The summed E-state index contributed by atoms with van der Waals surface area (Å²) < 4.78 is 33.5. The molecule has 1 aliphatic rings. The van der Waals surface area contributed by atoms with Gasteiger partial charge >= 0.3 is 0 Å². The van der Waals surface area contributed by atoms with E-state index in [2.05, 4.69) is 28.8 Å². The molecule has 30 heavy (non-hydrogen) atoms. The summed E-state index contributed by atoms with van der Waals surface area (Å²) in [6, 6.07) is 7.58. The van der Waals surface area contributed by atoms with Crippen LogP contribution < -0.4 is 10.0 Å². The van der Waals surface area contributed by atoms with Crippen molar-refractivity contribution in [3.63, 3.8) is 0 Å². The predicted molar refractivity (Wildman–Crippen MR) is 122 cm³/mol. The molecule has 2 atom stereocenters. The van der Waals surface area contributed by atoms with Crippen LogP contribution in [0.15, 0.2) is 35.2 Å². The highest BCUT2D eigenvalue weighted by atomic mass is 32.2. The van der Waals surface area contributed by atoms with Gasteiger partial charge < -0.3 is 10.1 Å². The Labute approximate surface area is 185 Å². The van der Waals surface area contributed by atoms with Gasteiger partial charge in [-0.1, -0.05) is 32.0 Å². The van der Waals surface area contributed by atoms with Crippen LogP contribution in [0.4, 0.5) is 0 Å². The summed E-state index contributed by atoms with van der Waals surface area (Å²) >= 11 is 1.59. The van der Waals surface area contributed by atoms with Gasteiger partial charge in [0.05, 0.1) is 18.1 Å². The number of nitrogens with one attached hydrogen (secondary N) is 2. The quantitative estimate of drug-likeness (QED) is 0.499. The fraction of sp³-hybridized carbons (Fsp3) is 0.667. The zero-order chi connectivity index (χ0) is 22.0. The minimum absolute atomic E-state index is 0.165. The Hall–Kier alpha value is -1.13. The molecule has 2 N–H and O–H groups in total. The van der Waals surface area contributed by atoms with Crippen LogP contribution >= 0.6 is 11.8 Å². The van der Waals surface area contributed by atoms with Crippen molar-refractivity contribution < 1.29 is 17.9 Å². The summed E-state index contributed by atoms with van der Waals surface area (Å²) in [5.41, 5.74) is 0. The molecule has 1 fully saturated rings. The molecule has 0 spiro atoms. The second kappa shape index (κ2) is 12.7. The Balaban J connectivity index is 2.04. The zero-order valence-electron chi connectivity index (χ0n) is 18.2. The molecule has 1 saturated heterocycles. The van der Waals surface area contributed by atoms with E-state index in [1.165, 1.54) is 12.1 Å². The third-order valence-corrected chi connectivity index (χ3v) is 7.23. The average Bonchev–Trinajstić information content (AvgIpc) is 2.74. The number of benzene rings is 1. The summed E-state index contributed by atoms with van der Waals surface area (Å²) in [5.74, 6) is 0.915. The van der Waals surface area contributed by atoms with Crippen molar-refractivity contribution in [3.05, 3.63) is 30.3 Å². The molecule has 170 valence electrons. The Kier molecular flexibility index (Phi) is 10.6. The zero-order valence-corrected chi connectivity index (χ0v) is 19.8. The maximum absolute atomic E-state index is 12.9. The van der Waals surface area contributed by atoms with E-state index in [1.54, 1.807) is 30.0 Å².